The molecule has 0 saturated carbocycles. The summed E-state index contributed by atoms with van der Waals surface area (Å²) in [7, 11) is -3.00. The standard InChI is InChI=1S/C13H10N2O3S/c16-19(17)18-13-14-11-8-4-5-9-12(11)15(13)10-6-2-1-3-7-10/h1-9,19H. The summed E-state index contributed by atoms with van der Waals surface area (Å²) in [5.74, 6) is 0. The highest BCUT2D eigenvalue weighted by molar-refractivity contribution is 7.67. The van der Waals surface area contributed by atoms with Crippen molar-refractivity contribution in [1.29, 1.82) is 0 Å². The maximum atomic E-state index is 10.8. The molecular weight excluding hydrogens is 264 g/mol. The Morgan fingerprint density at radius 2 is 1.63 bits per heavy atom. The molecule has 0 fully saturated rings. The summed E-state index contributed by atoms with van der Waals surface area (Å²) in [6.45, 7) is 0. The zero-order valence-corrected chi connectivity index (χ0v) is 10.7. The average molecular weight is 274 g/mol. The van der Waals surface area contributed by atoms with Crippen molar-refractivity contribution in [1.82, 2.24) is 9.55 Å². The van der Waals surface area contributed by atoms with Gasteiger partial charge in [-0.15, -0.1) is 0 Å². The third-order valence-corrected chi connectivity index (χ3v) is 3.01. The normalized spacial score (nSPS) is 11.0. The van der Waals surface area contributed by atoms with E-state index in [1.807, 2.05) is 48.5 Å². The highest BCUT2D eigenvalue weighted by Gasteiger charge is 2.13. The van der Waals surface area contributed by atoms with Crippen molar-refractivity contribution in [3.05, 3.63) is 54.6 Å². The Morgan fingerprint density at radius 3 is 2.37 bits per heavy atom. The lowest BCUT2D eigenvalue weighted by Crippen LogP contribution is -2.00. The molecule has 0 unspecified atom stereocenters. The molecule has 0 bridgehead atoms. The molecule has 2 aromatic carbocycles. The van der Waals surface area contributed by atoms with E-state index in [0.717, 1.165) is 11.2 Å². The van der Waals surface area contributed by atoms with E-state index in [1.54, 1.807) is 10.6 Å². The Kier molecular flexibility index (Phi) is 2.92. The first-order chi connectivity index (χ1) is 9.25. The average Bonchev–Trinajstić information content (AvgIpc) is 2.76. The molecule has 0 spiro atoms. The lowest BCUT2D eigenvalue weighted by molar-refractivity contribution is 0.483. The Balaban J connectivity index is 2.30. The van der Waals surface area contributed by atoms with E-state index in [9.17, 15) is 8.42 Å². The van der Waals surface area contributed by atoms with Gasteiger partial charge in [0.15, 0.2) is 0 Å². The first-order valence-electron chi connectivity index (χ1n) is 5.61. The number of hydrogen-bond donors (Lipinski definition) is 1. The Labute approximate surface area is 111 Å². The van der Waals surface area contributed by atoms with Crippen molar-refractivity contribution in [3.63, 3.8) is 0 Å². The smallest absolute Gasteiger partial charge is 0.318 e. The molecule has 0 N–H and O–H groups in total. The monoisotopic (exact) mass is 274 g/mol. The molecule has 0 radical (unpaired) electrons. The molecule has 0 aliphatic rings. The van der Waals surface area contributed by atoms with Crippen LogP contribution in [0.1, 0.15) is 0 Å². The summed E-state index contributed by atoms with van der Waals surface area (Å²) < 4.78 is 28.0. The number of thiol groups is 1. The van der Waals surface area contributed by atoms with Gasteiger partial charge in [0.1, 0.15) is 0 Å². The highest BCUT2D eigenvalue weighted by Crippen LogP contribution is 2.25. The largest absolute Gasteiger partial charge is 0.346 e. The minimum atomic E-state index is -3.00. The van der Waals surface area contributed by atoms with Gasteiger partial charge >= 0.3 is 17.0 Å². The number of rotatable bonds is 3. The van der Waals surface area contributed by atoms with Crippen LogP contribution >= 0.6 is 0 Å². The Bertz CT molecular complexity index is 786. The van der Waals surface area contributed by atoms with Crippen LogP contribution in [0.5, 0.6) is 6.01 Å². The molecule has 1 aromatic heterocycles. The van der Waals surface area contributed by atoms with Gasteiger partial charge in [-0.2, -0.15) is 13.4 Å². The molecule has 3 rings (SSSR count). The van der Waals surface area contributed by atoms with Gasteiger partial charge in [0.25, 0.3) is 0 Å². The minimum Gasteiger partial charge on any atom is -0.346 e. The molecule has 19 heavy (non-hydrogen) atoms. The third kappa shape index (κ3) is 2.17. The quantitative estimate of drug-likeness (QED) is 0.741. The van der Waals surface area contributed by atoms with Crippen LogP contribution in [0.25, 0.3) is 16.7 Å². The van der Waals surface area contributed by atoms with Crippen LogP contribution in [-0.4, -0.2) is 18.0 Å². The Hall–Kier alpha value is -2.34. The third-order valence-electron chi connectivity index (χ3n) is 2.70. The van der Waals surface area contributed by atoms with Crippen LogP contribution < -0.4 is 4.18 Å². The van der Waals surface area contributed by atoms with Crippen molar-refractivity contribution in [2.75, 3.05) is 0 Å². The number of hydrogen-bond acceptors (Lipinski definition) is 4. The van der Waals surface area contributed by atoms with Gasteiger partial charge in [-0.1, -0.05) is 30.3 Å². The molecule has 0 saturated heterocycles. The summed E-state index contributed by atoms with van der Waals surface area (Å²) in [5.41, 5.74) is 2.27. The predicted octanol–water partition coefficient (Wildman–Crippen LogP) is 1.93. The van der Waals surface area contributed by atoms with E-state index in [0.29, 0.717) is 5.52 Å². The zero-order valence-electron chi connectivity index (χ0n) is 9.76. The number of benzene rings is 2. The van der Waals surface area contributed by atoms with Crippen LogP contribution in [0.15, 0.2) is 54.6 Å². The summed E-state index contributed by atoms with van der Waals surface area (Å²) in [5, 5.41) is 0. The molecular formula is C13H10N2O3S. The molecule has 96 valence electrons. The molecule has 6 heteroatoms. The van der Waals surface area contributed by atoms with Crippen LogP contribution in [0.2, 0.25) is 0 Å². The summed E-state index contributed by atoms with van der Waals surface area (Å²) in [6.07, 6.45) is 0. The van der Waals surface area contributed by atoms with E-state index in [4.69, 9.17) is 4.18 Å². The van der Waals surface area contributed by atoms with Gasteiger partial charge in [-0.3, -0.25) is 4.57 Å². The molecule has 1 heterocycles. The van der Waals surface area contributed by atoms with Gasteiger partial charge in [-0.05, 0) is 24.3 Å². The van der Waals surface area contributed by atoms with E-state index in [-0.39, 0.29) is 6.01 Å². The first kappa shape index (κ1) is 11.7. The fourth-order valence-electron chi connectivity index (χ4n) is 1.96. The van der Waals surface area contributed by atoms with Gasteiger partial charge < -0.3 is 4.18 Å². The molecule has 3 aromatic rings. The number of imidazole rings is 1. The number of para-hydroxylation sites is 3. The van der Waals surface area contributed by atoms with E-state index in [1.165, 1.54) is 0 Å². The van der Waals surface area contributed by atoms with E-state index in [2.05, 4.69) is 4.98 Å². The maximum absolute atomic E-state index is 10.8. The summed E-state index contributed by atoms with van der Waals surface area (Å²) in [4.78, 5) is 4.19. The van der Waals surface area contributed by atoms with Crippen LogP contribution in [-0.2, 0) is 11.0 Å². The fraction of sp³-hybridized carbons (Fsp3) is 0. The molecule has 0 aliphatic carbocycles. The number of aromatic nitrogens is 2. The summed E-state index contributed by atoms with van der Waals surface area (Å²) in [6, 6.07) is 16.8. The second-order valence-corrected chi connectivity index (χ2v) is 4.50. The second kappa shape index (κ2) is 4.74. The van der Waals surface area contributed by atoms with Crippen molar-refractivity contribution < 1.29 is 12.6 Å². The SMILES string of the molecule is O=[SH](=O)Oc1nc2ccccc2n1-c1ccccc1. The van der Waals surface area contributed by atoms with Crippen molar-refractivity contribution >= 4 is 22.0 Å². The van der Waals surface area contributed by atoms with E-state index >= 15 is 0 Å². The topological polar surface area (TPSA) is 61.2 Å². The predicted molar refractivity (Wildman–Crippen MR) is 72.0 cm³/mol. The first-order valence-corrected chi connectivity index (χ1v) is 6.70. The fourth-order valence-corrected chi connectivity index (χ4v) is 2.21. The minimum absolute atomic E-state index is 0.0449. The molecule has 0 aliphatic heterocycles. The maximum Gasteiger partial charge on any atom is 0.318 e. The van der Waals surface area contributed by atoms with Crippen LogP contribution in [0.4, 0.5) is 0 Å². The highest BCUT2D eigenvalue weighted by atomic mass is 32.2. The number of nitrogens with zero attached hydrogens (tertiary/aromatic N) is 2. The summed E-state index contributed by atoms with van der Waals surface area (Å²) >= 11 is 0. The van der Waals surface area contributed by atoms with E-state index < -0.39 is 11.0 Å². The van der Waals surface area contributed by atoms with Gasteiger partial charge in [0.05, 0.1) is 16.7 Å². The second-order valence-electron chi connectivity index (χ2n) is 3.87. The molecule has 0 atom stereocenters. The van der Waals surface area contributed by atoms with Gasteiger partial charge in [0, 0.05) is 0 Å². The lowest BCUT2D eigenvalue weighted by atomic mass is 10.3. The van der Waals surface area contributed by atoms with Crippen molar-refractivity contribution in [2.45, 2.75) is 0 Å². The van der Waals surface area contributed by atoms with Crippen molar-refractivity contribution in [2.24, 2.45) is 0 Å². The number of fused-ring (bicyclic) bond motifs is 1. The Morgan fingerprint density at radius 1 is 0.947 bits per heavy atom. The van der Waals surface area contributed by atoms with Crippen LogP contribution in [0.3, 0.4) is 0 Å². The molecule has 5 nitrogen and oxygen atoms in total. The molecule has 0 amide bonds. The van der Waals surface area contributed by atoms with Gasteiger partial charge in [-0.25, -0.2) is 0 Å². The van der Waals surface area contributed by atoms with Crippen LogP contribution in [0, 0.1) is 0 Å². The van der Waals surface area contributed by atoms with Crippen molar-refractivity contribution in [3.8, 4) is 11.7 Å². The zero-order chi connectivity index (χ0) is 13.2. The lowest BCUT2D eigenvalue weighted by Gasteiger charge is -2.06. The van der Waals surface area contributed by atoms with Gasteiger partial charge in [0.2, 0.25) is 0 Å².